The Balaban J connectivity index is 1.45. The van der Waals surface area contributed by atoms with E-state index in [0.29, 0.717) is 83.5 Å². The molecule has 10 amide bonds. The number of amides is 10. The van der Waals surface area contributed by atoms with Gasteiger partial charge in [-0.15, -0.1) is 0 Å². The maximum atomic E-state index is 15.0. The molecule has 5 aromatic carbocycles. The van der Waals surface area contributed by atoms with Gasteiger partial charge in [0.15, 0.2) is 0 Å². The standard InChI is InChI=1S/C90H138N16O15/c1-56(2)46-71(96)86(112)98-62-27-32-77(118-42-22-12-17-37-92)67(52-62)82(108)104-73(48-58(5)6)88(114)100-64-29-34-79(120-44-24-14-19-39-94)69(54-64)84(110)106-75(50-60(9)10)90(116)102-65-30-35-80(121-45-25-15-20-40-95)70(55-65)85(111)105-74(49-59(7)8)89(115)101-63-28-33-78(119-43-23-13-18-38-93)68(53-63)83(109)103-72(47-57(3)4)87(113)99-61-26-31-76(66(51-61)81(97)107)117-41-21-11-16-36-91/h26-35,51-60,71-75H,11-25,36-50,91-96H2,1-10H3,(H2,97,107)(H,98,112)(H,99,113)(H,100,114)(H,101,115)(H,102,116)(H,103,109)(H,104,108)(H,105,111)(H,106,110)/t71-,72-,73+,74+,75-/m0/s1. The smallest absolute Gasteiger partial charge is 0.255 e. The van der Waals surface area contributed by atoms with Crippen molar-refractivity contribution in [3.05, 3.63) is 119 Å². The molecule has 31 nitrogen and oxygen atoms in total. The largest absolute Gasteiger partial charge is 0.493 e. The summed E-state index contributed by atoms with van der Waals surface area (Å²) in [7, 11) is 0. The zero-order valence-corrected chi connectivity index (χ0v) is 72.8. The molecule has 0 saturated heterocycles. The van der Waals surface area contributed by atoms with E-state index in [1.807, 2.05) is 69.2 Å². The Kier molecular flexibility index (Phi) is 45.8. The highest BCUT2D eigenvalue weighted by molar-refractivity contribution is 6.09. The number of carbonyl (C=O) groups excluding carboxylic acids is 10. The zero-order valence-electron chi connectivity index (χ0n) is 72.8. The van der Waals surface area contributed by atoms with Crippen molar-refractivity contribution in [2.75, 3.05) is 92.3 Å². The summed E-state index contributed by atoms with van der Waals surface area (Å²) in [6.45, 7) is 22.7. The summed E-state index contributed by atoms with van der Waals surface area (Å²) in [4.78, 5) is 144. The van der Waals surface area contributed by atoms with Gasteiger partial charge >= 0.3 is 0 Å². The van der Waals surface area contributed by atoms with Crippen molar-refractivity contribution in [1.82, 2.24) is 21.3 Å². The number of nitrogens with one attached hydrogen (secondary N) is 9. The fraction of sp³-hybridized carbons (Fsp3) is 0.556. The highest BCUT2D eigenvalue weighted by Gasteiger charge is 2.32. The zero-order chi connectivity index (χ0) is 88.9. The molecule has 5 aromatic rings. The Morgan fingerprint density at radius 1 is 0.273 bits per heavy atom. The number of benzene rings is 5. The van der Waals surface area contributed by atoms with E-state index in [1.165, 1.54) is 42.5 Å². The van der Waals surface area contributed by atoms with Crippen molar-refractivity contribution in [3.63, 3.8) is 0 Å². The molecule has 5 rings (SSSR count). The summed E-state index contributed by atoms with van der Waals surface area (Å²) in [5, 5.41) is 26.0. The molecule has 0 radical (unpaired) electrons. The van der Waals surface area contributed by atoms with E-state index in [2.05, 4.69) is 47.9 Å². The number of hydrogen-bond donors (Lipinski definition) is 16. The first-order valence-corrected chi connectivity index (χ1v) is 43.1. The van der Waals surface area contributed by atoms with Crippen LogP contribution in [0.1, 0.15) is 249 Å². The first kappa shape index (κ1) is 101. The van der Waals surface area contributed by atoms with Crippen molar-refractivity contribution in [3.8, 4) is 28.7 Å². The van der Waals surface area contributed by atoms with Crippen LogP contribution in [0.3, 0.4) is 0 Å². The van der Waals surface area contributed by atoms with Gasteiger partial charge in [0.1, 0.15) is 52.9 Å². The Morgan fingerprint density at radius 3 is 0.669 bits per heavy atom. The lowest BCUT2D eigenvalue weighted by Crippen LogP contribution is -2.45. The average molecular weight is 1680 g/mol. The Morgan fingerprint density at radius 2 is 0.471 bits per heavy atom. The van der Waals surface area contributed by atoms with E-state index in [-0.39, 0.29) is 161 Å². The van der Waals surface area contributed by atoms with E-state index in [0.717, 1.165) is 64.2 Å². The van der Waals surface area contributed by atoms with Gasteiger partial charge in [-0.05, 0) is 282 Å². The third-order valence-electron chi connectivity index (χ3n) is 19.4. The molecule has 0 unspecified atom stereocenters. The normalized spacial score (nSPS) is 12.5. The monoisotopic (exact) mass is 1680 g/mol. The molecule has 121 heavy (non-hydrogen) atoms. The van der Waals surface area contributed by atoms with E-state index in [1.54, 1.807) is 48.5 Å². The molecule has 668 valence electrons. The molecule has 0 aliphatic carbocycles. The number of rotatable bonds is 59. The molecule has 0 aliphatic heterocycles. The molecule has 0 aromatic heterocycles. The van der Waals surface area contributed by atoms with E-state index < -0.39 is 89.3 Å². The first-order chi connectivity index (χ1) is 57.9. The number of unbranched alkanes of at least 4 members (excludes halogenated alkanes) is 10. The van der Waals surface area contributed by atoms with Crippen LogP contribution in [-0.2, 0) is 24.0 Å². The Labute approximate surface area is 714 Å². The molecule has 0 saturated carbocycles. The average Bonchev–Trinajstić information content (AvgIpc) is 0.827. The van der Waals surface area contributed by atoms with Crippen LogP contribution in [0.15, 0.2) is 91.0 Å². The SMILES string of the molecule is CC(C)C[C@H](NC(=O)c1cc(NC(=O)[C@@H](CC(C)C)NC(=O)c2cc(NC(=O)[C@H](CC(C)C)NC(=O)c3cc(NC(=O)[C@@H](CC(C)C)NC(=O)c4cc(NC(=O)[C@@H](N)CC(C)C)ccc4OCCCCCN)ccc3OCCCCCN)ccc2OCCCCCN)ccc1OCCCCCN)C(=O)Nc1ccc(OCCCCCN)c(C(N)=O)c1. The Bertz CT molecular complexity index is 4120. The van der Waals surface area contributed by atoms with E-state index >= 15 is 4.79 Å². The Hall–Kier alpha value is -10.4. The summed E-state index contributed by atoms with van der Waals surface area (Å²) in [6, 6.07) is 17.3. The highest BCUT2D eigenvalue weighted by Crippen LogP contribution is 2.32. The van der Waals surface area contributed by atoms with Gasteiger partial charge in [-0.2, -0.15) is 0 Å². The van der Waals surface area contributed by atoms with Gasteiger partial charge in [-0.1, -0.05) is 69.2 Å². The second kappa shape index (κ2) is 54.8. The molecule has 31 heteroatoms. The molecule has 0 fully saturated rings. The number of hydrogen-bond acceptors (Lipinski definition) is 21. The lowest BCUT2D eigenvalue weighted by molar-refractivity contribution is -0.119. The van der Waals surface area contributed by atoms with E-state index in [9.17, 15) is 43.2 Å². The third kappa shape index (κ3) is 36.8. The van der Waals surface area contributed by atoms with Crippen LogP contribution >= 0.6 is 0 Å². The first-order valence-electron chi connectivity index (χ1n) is 43.1. The van der Waals surface area contributed by atoms with Gasteiger partial charge < -0.3 is 112 Å². The van der Waals surface area contributed by atoms with Gasteiger partial charge in [0.2, 0.25) is 29.5 Å². The van der Waals surface area contributed by atoms with Crippen LogP contribution in [0.25, 0.3) is 0 Å². The maximum Gasteiger partial charge on any atom is 0.255 e. The molecular formula is C90H138N16O15. The predicted octanol–water partition coefficient (Wildman–Crippen LogP) is 10.8. The van der Waals surface area contributed by atoms with E-state index in [4.69, 9.17) is 63.8 Å². The maximum absolute atomic E-state index is 15.0. The van der Waals surface area contributed by atoms with Crippen molar-refractivity contribution < 1.29 is 71.6 Å². The topological polar surface area (TPSA) is 507 Å². The fourth-order valence-corrected chi connectivity index (χ4v) is 13.1. The summed E-state index contributed by atoms with van der Waals surface area (Å²) >= 11 is 0. The molecule has 0 heterocycles. The highest BCUT2D eigenvalue weighted by atomic mass is 16.5. The molecule has 0 bridgehead atoms. The number of primary amides is 1. The number of anilines is 5. The molecule has 23 N–H and O–H groups in total. The minimum atomic E-state index is -1.21. The van der Waals surface area contributed by atoms with Crippen LogP contribution in [0.4, 0.5) is 28.4 Å². The second-order valence-corrected chi connectivity index (χ2v) is 32.7. The van der Waals surface area contributed by atoms with Gasteiger partial charge in [-0.3, -0.25) is 47.9 Å². The van der Waals surface area contributed by atoms with Crippen molar-refractivity contribution in [2.24, 2.45) is 69.7 Å². The minimum Gasteiger partial charge on any atom is -0.493 e. The van der Waals surface area contributed by atoms with Crippen LogP contribution in [0.5, 0.6) is 28.7 Å². The number of ether oxygens (including phenoxy) is 5. The summed E-state index contributed by atoms with van der Waals surface area (Å²) in [6.07, 6.45) is 11.9. The summed E-state index contributed by atoms with van der Waals surface area (Å²) in [5.41, 5.74) is 41.8. The number of nitrogens with two attached hydrogens (primary N) is 7. The minimum absolute atomic E-state index is 0.0106. The lowest BCUT2D eigenvalue weighted by atomic mass is 10.0. The van der Waals surface area contributed by atoms with Crippen LogP contribution in [0, 0.1) is 29.6 Å². The molecule has 5 atom stereocenters. The van der Waals surface area contributed by atoms with Crippen molar-refractivity contribution >= 4 is 87.5 Å². The molecule has 0 aliphatic rings. The summed E-state index contributed by atoms with van der Waals surface area (Å²) < 4.78 is 30.7. The van der Waals surface area contributed by atoms with Gasteiger partial charge in [0.05, 0.1) is 66.9 Å². The van der Waals surface area contributed by atoms with Crippen LogP contribution in [0.2, 0.25) is 0 Å². The summed E-state index contributed by atoms with van der Waals surface area (Å²) in [5.74, 6) is -5.98. The predicted molar refractivity (Wildman–Crippen MR) is 476 cm³/mol. The lowest BCUT2D eigenvalue weighted by Gasteiger charge is -2.23. The quantitative estimate of drug-likeness (QED) is 0.0161. The number of carbonyl (C=O) groups is 10. The van der Waals surface area contributed by atoms with Gasteiger partial charge in [0, 0.05) is 28.4 Å². The van der Waals surface area contributed by atoms with Crippen LogP contribution in [-0.4, -0.2) is 155 Å². The molecule has 0 spiro atoms. The van der Waals surface area contributed by atoms with Gasteiger partial charge in [0.25, 0.3) is 29.5 Å². The molecular weight excluding hydrogens is 1550 g/mol. The third-order valence-corrected chi connectivity index (χ3v) is 19.4. The van der Waals surface area contributed by atoms with Gasteiger partial charge in [-0.25, -0.2) is 0 Å². The van der Waals surface area contributed by atoms with Crippen molar-refractivity contribution in [2.45, 2.75) is 228 Å². The fourth-order valence-electron chi connectivity index (χ4n) is 13.1. The van der Waals surface area contributed by atoms with Crippen LogP contribution < -0.4 is 112 Å². The second-order valence-electron chi connectivity index (χ2n) is 32.7. The van der Waals surface area contributed by atoms with Crippen molar-refractivity contribution in [1.29, 1.82) is 0 Å².